The second kappa shape index (κ2) is 32.4. The summed E-state index contributed by atoms with van der Waals surface area (Å²) in [6, 6.07) is 100. The Kier molecular flexibility index (Phi) is 20.7. The van der Waals surface area contributed by atoms with E-state index >= 15 is 19.2 Å². The van der Waals surface area contributed by atoms with Crippen molar-refractivity contribution in [3.05, 3.63) is 369 Å². The minimum atomic E-state index is -0.519. The van der Waals surface area contributed by atoms with Gasteiger partial charge in [-0.05, 0) is 275 Å². The summed E-state index contributed by atoms with van der Waals surface area (Å²) in [5, 5.41) is 6.36. The van der Waals surface area contributed by atoms with Crippen molar-refractivity contribution in [2.75, 3.05) is 9.80 Å². The van der Waals surface area contributed by atoms with Crippen molar-refractivity contribution in [3.8, 4) is 44.5 Å². The Bertz CT molecular complexity index is 6590. The summed E-state index contributed by atoms with van der Waals surface area (Å²) in [6.07, 6.45) is 0. The van der Waals surface area contributed by atoms with Crippen LogP contribution in [0.15, 0.2) is 291 Å². The van der Waals surface area contributed by atoms with E-state index in [1.54, 1.807) is 0 Å². The van der Waals surface area contributed by atoms with Crippen LogP contribution >= 0.6 is 0 Å². The number of nitrogens with zero attached hydrogens (tertiary/aromatic N) is 2. The van der Waals surface area contributed by atoms with Gasteiger partial charge >= 0.3 is 23.9 Å². The summed E-state index contributed by atoms with van der Waals surface area (Å²) in [5.41, 5.74) is 31.5. The van der Waals surface area contributed by atoms with Crippen LogP contribution in [-0.2, 0) is 45.4 Å². The van der Waals surface area contributed by atoms with E-state index in [-0.39, 0.29) is 61.9 Å². The fourth-order valence-electron chi connectivity index (χ4n) is 20.4. The maximum absolute atomic E-state index is 15.9. The van der Waals surface area contributed by atoms with E-state index in [1.807, 2.05) is 194 Å². The molecule has 0 atom stereocenters. The molecule has 0 unspecified atom stereocenters. The summed E-state index contributed by atoms with van der Waals surface area (Å²) in [7, 11) is 0. The molecule has 0 fully saturated rings. The lowest BCUT2D eigenvalue weighted by atomic mass is 9.31. The molecule has 16 aromatic carbocycles. The zero-order chi connectivity index (χ0) is 86.8. The number of fused-ring (bicyclic) bond motifs is 8. The topological polar surface area (TPSA) is 112 Å². The van der Waals surface area contributed by atoms with Crippen molar-refractivity contribution in [1.29, 1.82) is 0 Å². The van der Waals surface area contributed by atoms with E-state index < -0.39 is 37.3 Å². The first-order chi connectivity index (χ1) is 61.1. The van der Waals surface area contributed by atoms with Crippen molar-refractivity contribution in [2.24, 2.45) is 0 Å². The number of benzene rings is 16. The van der Waals surface area contributed by atoms with Crippen LogP contribution in [0.25, 0.3) is 76.8 Å². The van der Waals surface area contributed by atoms with Crippen molar-refractivity contribution in [2.45, 2.75) is 145 Å². The molecule has 0 aromatic heterocycles. The molecule has 20 rings (SSSR count). The van der Waals surface area contributed by atoms with Gasteiger partial charge in [-0.2, -0.15) is 0 Å². The molecular weight excluding hydrogens is 1550 g/mol. The van der Waals surface area contributed by atoms with Gasteiger partial charge in [0.25, 0.3) is 0 Å². The predicted molar refractivity (Wildman–Crippen MR) is 517 cm³/mol. The molecule has 4 aliphatic rings. The number of carbonyl (C=O) groups is 4. The SMILES string of the molecule is CC(C)c1cc(C(C)C)c(-c2cc3c4c(cc5c(-c6c(C(C)C)cc(C(C)C)cc6C(C)C)cc6c7c(cc2c4c57)B2c4ccc(C(=O)OCc5ccccc5)cc4N(c4ccccc4)c4cc(C(=O)OCc5ccccc5)cc-6c42)B2c4ccc(C(=O)OCc5ccccc5)cc4N(c4ccccc4)c4cc(C(=O)OCc5ccccc5)cc-3c42)c(C(C)C)c1. The number of carbonyl (C=O) groups excluding carboxylic acids is 4. The van der Waals surface area contributed by atoms with Gasteiger partial charge in [-0.25, -0.2) is 19.2 Å². The van der Waals surface area contributed by atoms with Gasteiger partial charge in [0.2, 0.25) is 13.4 Å². The molecule has 4 heterocycles. The first-order valence-corrected chi connectivity index (χ1v) is 44.6. The largest absolute Gasteiger partial charge is 0.457 e. The normalized spacial score (nSPS) is 12.7. The third-order valence-corrected chi connectivity index (χ3v) is 26.5. The molecule has 0 bridgehead atoms. The molecule has 0 aliphatic carbocycles. The Labute approximate surface area is 738 Å². The van der Waals surface area contributed by atoms with E-state index in [0.29, 0.717) is 22.3 Å². The number of hydrogen-bond acceptors (Lipinski definition) is 10. The third kappa shape index (κ3) is 13.8. The Hall–Kier alpha value is -13.8. The first-order valence-electron chi connectivity index (χ1n) is 44.6. The average Bonchev–Trinajstić information content (AvgIpc) is 0.660. The summed E-state index contributed by atoms with van der Waals surface area (Å²) in [4.78, 5) is 66.4. The van der Waals surface area contributed by atoms with Crippen molar-refractivity contribution >= 4 is 137 Å². The summed E-state index contributed by atoms with van der Waals surface area (Å²) in [5.74, 6) is -1.24. The standard InChI is InChI=1S/C114H98B2N2O8/c1-65(2)77-47-83(67(5)6)103(84(48-77)68(7)8)87-57-89-93-51-79(113(121)125-63-73-35-23-15-24-36-73)55-101-109(93)116(96-46-44-76(112(120)124-62-72-33-21-14-22-34-72)54-100(96)117(101)81-39-27-17-28-40-81)98-60-92-88(104-85(69(9)10)49-78(66(3)4)50-86(104)70(11)12)58-90-94-52-80(114(122)126-64-74-37-25-16-26-38-74)56-102-110(94)115(97-59-91(87)107(105(89)98)108(92)106(90)97)95-45-43-75(111(119)123-61-71-31-19-13-20-32-71)53-99(95)118(102)82-41-29-18-30-42-82/h13-60,65-70H,61-64H2,1-12H3. The average molecular weight is 1650 g/mol. The van der Waals surface area contributed by atoms with E-state index in [1.165, 1.54) is 44.5 Å². The van der Waals surface area contributed by atoms with Crippen LogP contribution in [0.2, 0.25) is 0 Å². The predicted octanol–water partition coefficient (Wildman–Crippen LogP) is 24.6. The summed E-state index contributed by atoms with van der Waals surface area (Å²) >= 11 is 0. The van der Waals surface area contributed by atoms with Gasteiger partial charge in [0, 0.05) is 34.1 Å². The molecule has 0 N–H and O–H groups in total. The number of para-hydroxylation sites is 2. The highest BCUT2D eigenvalue weighted by molar-refractivity contribution is 7.02. The van der Waals surface area contributed by atoms with Crippen molar-refractivity contribution < 1.29 is 38.1 Å². The highest BCUT2D eigenvalue weighted by Crippen LogP contribution is 2.56. The van der Waals surface area contributed by atoms with Crippen LogP contribution in [-0.4, -0.2) is 37.3 Å². The van der Waals surface area contributed by atoms with Crippen LogP contribution in [0.3, 0.4) is 0 Å². The maximum Gasteiger partial charge on any atom is 0.338 e. The minimum absolute atomic E-state index is 0.0488. The molecule has 16 aromatic rings. The van der Waals surface area contributed by atoms with Crippen molar-refractivity contribution in [1.82, 2.24) is 0 Å². The maximum atomic E-state index is 15.9. The zero-order valence-corrected chi connectivity index (χ0v) is 73.3. The number of esters is 4. The van der Waals surface area contributed by atoms with Gasteiger partial charge in [-0.15, -0.1) is 0 Å². The van der Waals surface area contributed by atoms with Crippen LogP contribution in [0, 0.1) is 0 Å². The Morgan fingerprint density at radius 2 is 0.548 bits per heavy atom. The molecule has 0 amide bonds. The summed E-state index contributed by atoms with van der Waals surface area (Å²) in [6.45, 7) is 27.1. The van der Waals surface area contributed by atoms with Gasteiger partial charge in [-0.1, -0.05) is 300 Å². The fourth-order valence-corrected chi connectivity index (χ4v) is 20.4. The second-order valence-electron chi connectivity index (χ2n) is 36.5. The van der Waals surface area contributed by atoms with Gasteiger partial charge in [0.15, 0.2) is 0 Å². The third-order valence-electron chi connectivity index (χ3n) is 26.5. The van der Waals surface area contributed by atoms with Crippen LogP contribution < -0.4 is 42.6 Å². The molecule has 0 saturated carbocycles. The molecular formula is C114H98B2N2O8. The van der Waals surface area contributed by atoms with E-state index in [4.69, 9.17) is 18.9 Å². The Balaban J connectivity index is 0.977. The lowest BCUT2D eigenvalue weighted by molar-refractivity contribution is 0.0464. The Morgan fingerprint density at radius 1 is 0.262 bits per heavy atom. The lowest BCUT2D eigenvalue weighted by Gasteiger charge is -2.43. The molecule has 0 spiro atoms. The molecule has 126 heavy (non-hydrogen) atoms. The highest BCUT2D eigenvalue weighted by Gasteiger charge is 2.48. The van der Waals surface area contributed by atoms with E-state index in [2.05, 4.69) is 190 Å². The lowest BCUT2D eigenvalue weighted by Crippen LogP contribution is -2.60. The van der Waals surface area contributed by atoms with Crippen LogP contribution in [0.4, 0.5) is 34.1 Å². The molecule has 4 aliphatic heterocycles. The smallest absolute Gasteiger partial charge is 0.338 e. The number of hydrogen-bond donors (Lipinski definition) is 0. The number of rotatable bonds is 22. The minimum Gasteiger partial charge on any atom is -0.457 e. The van der Waals surface area contributed by atoms with Crippen molar-refractivity contribution in [3.63, 3.8) is 0 Å². The quantitative estimate of drug-likeness (QED) is 0.0281. The molecule has 12 heteroatoms. The first kappa shape index (κ1) is 80.6. The second-order valence-corrected chi connectivity index (χ2v) is 36.5. The monoisotopic (exact) mass is 1640 g/mol. The molecule has 10 nitrogen and oxygen atoms in total. The van der Waals surface area contributed by atoms with Gasteiger partial charge in [0.05, 0.1) is 22.3 Å². The van der Waals surface area contributed by atoms with Crippen LogP contribution in [0.1, 0.15) is 216 Å². The van der Waals surface area contributed by atoms with Crippen LogP contribution in [0.5, 0.6) is 0 Å². The fraction of sp³-hybridized carbons (Fsp3) is 0.193. The Morgan fingerprint density at radius 3 is 0.841 bits per heavy atom. The highest BCUT2D eigenvalue weighted by atomic mass is 16.5. The van der Waals surface area contributed by atoms with Gasteiger partial charge < -0.3 is 28.7 Å². The van der Waals surface area contributed by atoms with Gasteiger partial charge in [-0.3, -0.25) is 0 Å². The zero-order valence-electron chi connectivity index (χ0n) is 73.3. The number of ether oxygens (including phenoxy) is 4. The van der Waals surface area contributed by atoms with Gasteiger partial charge in [0.1, 0.15) is 26.4 Å². The molecule has 618 valence electrons. The summed E-state index contributed by atoms with van der Waals surface area (Å²) < 4.78 is 25.6. The molecule has 0 saturated heterocycles. The molecule has 0 radical (unpaired) electrons. The van der Waals surface area contributed by atoms with E-state index in [0.717, 1.165) is 155 Å². The van der Waals surface area contributed by atoms with E-state index in [9.17, 15) is 0 Å². The number of anilines is 6.